The zero-order valence-electron chi connectivity index (χ0n) is 11.9. The van der Waals surface area contributed by atoms with Crippen LogP contribution in [0.1, 0.15) is 26.0 Å². The molecular weight excluding hydrogens is 246 g/mol. The SMILES string of the molecule is CCSCCC(C)Nc1nc(C)cn1CCOC. The quantitative estimate of drug-likeness (QED) is 0.701. The lowest BCUT2D eigenvalue weighted by molar-refractivity contribution is 0.187. The van der Waals surface area contributed by atoms with E-state index in [-0.39, 0.29) is 0 Å². The van der Waals surface area contributed by atoms with Crippen LogP contribution in [-0.2, 0) is 11.3 Å². The van der Waals surface area contributed by atoms with Gasteiger partial charge in [0.25, 0.3) is 0 Å². The summed E-state index contributed by atoms with van der Waals surface area (Å²) in [5.41, 5.74) is 1.05. The van der Waals surface area contributed by atoms with E-state index in [2.05, 4.69) is 34.9 Å². The molecule has 0 saturated heterocycles. The molecule has 0 saturated carbocycles. The summed E-state index contributed by atoms with van der Waals surface area (Å²) in [4.78, 5) is 4.52. The first-order valence-electron chi connectivity index (χ1n) is 6.54. The molecular formula is C13H25N3OS. The van der Waals surface area contributed by atoms with Crippen molar-refractivity contribution in [2.45, 2.75) is 39.8 Å². The van der Waals surface area contributed by atoms with Crippen molar-refractivity contribution in [2.24, 2.45) is 0 Å². The van der Waals surface area contributed by atoms with Crippen molar-refractivity contribution in [3.05, 3.63) is 11.9 Å². The molecule has 0 bridgehead atoms. The summed E-state index contributed by atoms with van der Waals surface area (Å²) in [6.07, 6.45) is 3.23. The molecule has 0 spiro atoms. The first-order chi connectivity index (χ1) is 8.67. The fraction of sp³-hybridized carbons (Fsp3) is 0.769. The molecule has 0 aliphatic rings. The highest BCUT2D eigenvalue weighted by molar-refractivity contribution is 7.99. The molecule has 0 radical (unpaired) electrons. The van der Waals surface area contributed by atoms with Crippen LogP contribution in [-0.4, -0.2) is 40.8 Å². The number of imidazole rings is 1. The lowest BCUT2D eigenvalue weighted by Gasteiger charge is -2.15. The number of aryl methyl sites for hydroxylation is 1. The molecule has 1 unspecified atom stereocenters. The highest BCUT2D eigenvalue weighted by Crippen LogP contribution is 2.12. The molecule has 1 N–H and O–H groups in total. The van der Waals surface area contributed by atoms with Crippen molar-refractivity contribution in [1.29, 1.82) is 0 Å². The highest BCUT2D eigenvalue weighted by Gasteiger charge is 2.08. The van der Waals surface area contributed by atoms with Crippen LogP contribution in [0.3, 0.4) is 0 Å². The van der Waals surface area contributed by atoms with E-state index in [1.54, 1.807) is 7.11 Å². The molecule has 1 aromatic rings. The summed E-state index contributed by atoms with van der Waals surface area (Å²) in [7, 11) is 1.72. The first kappa shape index (κ1) is 15.4. The second kappa shape index (κ2) is 8.43. The van der Waals surface area contributed by atoms with Gasteiger partial charge in [0, 0.05) is 25.9 Å². The Labute approximate surface area is 115 Å². The van der Waals surface area contributed by atoms with E-state index in [0.29, 0.717) is 12.6 Å². The summed E-state index contributed by atoms with van der Waals surface area (Å²) < 4.78 is 7.24. The molecule has 0 fully saturated rings. The third-order valence-electron chi connectivity index (χ3n) is 2.71. The number of anilines is 1. The number of thioether (sulfide) groups is 1. The van der Waals surface area contributed by atoms with Crippen LogP contribution in [0.5, 0.6) is 0 Å². The Hall–Kier alpha value is -0.680. The van der Waals surface area contributed by atoms with E-state index in [9.17, 15) is 0 Å². The predicted octanol–water partition coefficient (Wildman–Crippen LogP) is 2.78. The van der Waals surface area contributed by atoms with Crippen molar-refractivity contribution < 1.29 is 4.74 Å². The topological polar surface area (TPSA) is 39.1 Å². The van der Waals surface area contributed by atoms with Gasteiger partial charge in [-0.2, -0.15) is 11.8 Å². The average molecular weight is 271 g/mol. The summed E-state index contributed by atoms with van der Waals surface area (Å²) in [6.45, 7) is 7.98. The molecule has 1 heterocycles. The van der Waals surface area contributed by atoms with Gasteiger partial charge in [0.1, 0.15) is 0 Å². The van der Waals surface area contributed by atoms with Gasteiger partial charge in [0.05, 0.1) is 12.3 Å². The summed E-state index contributed by atoms with van der Waals surface area (Å²) in [6, 6.07) is 0.451. The molecule has 4 nitrogen and oxygen atoms in total. The molecule has 0 aromatic carbocycles. The van der Waals surface area contributed by atoms with Crippen molar-refractivity contribution in [3.8, 4) is 0 Å². The molecule has 0 amide bonds. The Balaban J connectivity index is 2.48. The minimum Gasteiger partial charge on any atom is -0.383 e. The molecule has 18 heavy (non-hydrogen) atoms. The van der Waals surface area contributed by atoms with Crippen molar-refractivity contribution in [2.75, 3.05) is 30.5 Å². The Morgan fingerprint density at radius 2 is 2.33 bits per heavy atom. The number of rotatable bonds is 9. The number of nitrogens with one attached hydrogen (secondary N) is 1. The van der Waals surface area contributed by atoms with Gasteiger partial charge in [0.2, 0.25) is 5.95 Å². The van der Waals surface area contributed by atoms with Gasteiger partial charge >= 0.3 is 0 Å². The Morgan fingerprint density at radius 1 is 1.56 bits per heavy atom. The molecule has 1 atom stereocenters. The summed E-state index contributed by atoms with van der Waals surface area (Å²) >= 11 is 1.98. The van der Waals surface area contributed by atoms with Gasteiger partial charge in [-0.15, -0.1) is 0 Å². The normalized spacial score (nSPS) is 12.7. The maximum Gasteiger partial charge on any atom is 0.203 e. The van der Waals surface area contributed by atoms with Crippen LogP contribution in [0.4, 0.5) is 5.95 Å². The molecule has 104 valence electrons. The predicted molar refractivity (Wildman–Crippen MR) is 79.5 cm³/mol. The molecule has 0 aliphatic heterocycles. The van der Waals surface area contributed by atoms with Gasteiger partial charge in [-0.25, -0.2) is 4.98 Å². The minimum atomic E-state index is 0.451. The number of aromatic nitrogens is 2. The van der Waals surface area contributed by atoms with Gasteiger partial charge < -0.3 is 14.6 Å². The van der Waals surface area contributed by atoms with E-state index >= 15 is 0 Å². The van der Waals surface area contributed by atoms with Crippen LogP contribution in [0.25, 0.3) is 0 Å². The zero-order chi connectivity index (χ0) is 13.4. The smallest absolute Gasteiger partial charge is 0.203 e. The monoisotopic (exact) mass is 271 g/mol. The Bertz CT molecular complexity index is 341. The van der Waals surface area contributed by atoms with Crippen molar-refractivity contribution in [1.82, 2.24) is 9.55 Å². The fourth-order valence-corrected chi connectivity index (χ4v) is 2.53. The van der Waals surface area contributed by atoms with Crippen LogP contribution in [0.2, 0.25) is 0 Å². The third kappa shape index (κ3) is 5.31. The number of methoxy groups -OCH3 is 1. The number of hydrogen-bond donors (Lipinski definition) is 1. The molecule has 1 aromatic heterocycles. The fourth-order valence-electron chi connectivity index (χ4n) is 1.72. The maximum atomic E-state index is 5.11. The second-order valence-electron chi connectivity index (χ2n) is 4.42. The summed E-state index contributed by atoms with van der Waals surface area (Å²) in [5, 5.41) is 3.48. The van der Waals surface area contributed by atoms with Gasteiger partial charge in [-0.3, -0.25) is 0 Å². The van der Waals surface area contributed by atoms with Gasteiger partial charge in [-0.1, -0.05) is 6.92 Å². The number of nitrogens with zero attached hydrogens (tertiary/aromatic N) is 2. The van der Waals surface area contributed by atoms with Crippen LogP contribution < -0.4 is 5.32 Å². The molecule has 5 heteroatoms. The highest BCUT2D eigenvalue weighted by atomic mass is 32.2. The van der Waals surface area contributed by atoms with E-state index in [1.807, 2.05) is 18.7 Å². The number of ether oxygens (including phenoxy) is 1. The van der Waals surface area contributed by atoms with Crippen molar-refractivity contribution in [3.63, 3.8) is 0 Å². The van der Waals surface area contributed by atoms with Gasteiger partial charge in [-0.05, 0) is 31.8 Å². The largest absolute Gasteiger partial charge is 0.383 e. The molecule has 1 rings (SSSR count). The van der Waals surface area contributed by atoms with Gasteiger partial charge in [0.15, 0.2) is 0 Å². The van der Waals surface area contributed by atoms with Crippen molar-refractivity contribution >= 4 is 17.7 Å². The van der Waals surface area contributed by atoms with Crippen LogP contribution >= 0.6 is 11.8 Å². The lowest BCUT2D eigenvalue weighted by Crippen LogP contribution is -2.20. The zero-order valence-corrected chi connectivity index (χ0v) is 12.7. The maximum absolute atomic E-state index is 5.11. The van der Waals surface area contributed by atoms with Crippen LogP contribution in [0, 0.1) is 6.92 Å². The Kier molecular flexibility index (Phi) is 7.20. The standard InChI is InChI=1S/C13H25N3OS/c1-5-18-9-6-11(2)14-13-15-12(3)10-16(13)7-8-17-4/h10-11H,5-9H2,1-4H3,(H,14,15). The average Bonchev–Trinajstić information content (AvgIpc) is 2.67. The van der Waals surface area contributed by atoms with Crippen LogP contribution in [0.15, 0.2) is 6.20 Å². The lowest BCUT2D eigenvalue weighted by atomic mass is 10.3. The summed E-state index contributed by atoms with van der Waals surface area (Å²) in [5.74, 6) is 3.34. The molecule has 0 aliphatic carbocycles. The van der Waals surface area contributed by atoms with E-state index in [4.69, 9.17) is 4.74 Å². The van der Waals surface area contributed by atoms with E-state index < -0.39 is 0 Å². The van der Waals surface area contributed by atoms with E-state index in [0.717, 1.165) is 24.6 Å². The second-order valence-corrected chi connectivity index (χ2v) is 5.82. The third-order valence-corrected chi connectivity index (χ3v) is 3.64. The first-order valence-corrected chi connectivity index (χ1v) is 7.69. The Morgan fingerprint density at radius 3 is 3.00 bits per heavy atom. The van der Waals surface area contributed by atoms with E-state index in [1.165, 1.54) is 11.5 Å². The number of hydrogen-bond acceptors (Lipinski definition) is 4. The minimum absolute atomic E-state index is 0.451.